The molecule has 5 nitrogen and oxygen atoms in total. The molecule has 0 bridgehead atoms. The van der Waals surface area contributed by atoms with Crippen LogP contribution in [0.4, 0.5) is 16.2 Å². The van der Waals surface area contributed by atoms with Gasteiger partial charge in [0.05, 0.1) is 5.69 Å². The third-order valence-electron chi connectivity index (χ3n) is 4.82. The van der Waals surface area contributed by atoms with Gasteiger partial charge in [0, 0.05) is 29.3 Å². The highest BCUT2D eigenvalue weighted by Crippen LogP contribution is 2.22. The number of benzene rings is 2. The minimum atomic E-state index is -0.265. The van der Waals surface area contributed by atoms with Crippen molar-refractivity contribution in [1.82, 2.24) is 9.38 Å². The summed E-state index contributed by atoms with van der Waals surface area (Å²) in [5.74, 6) is 0. The summed E-state index contributed by atoms with van der Waals surface area (Å²) in [6.07, 6.45) is 4.01. The Kier molecular flexibility index (Phi) is 4.57. The monoisotopic (exact) mass is 370 g/mol. The average Bonchev–Trinajstić information content (AvgIpc) is 3.08. The Labute approximate surface area is 164 Å². The number of hydrogen-bond donors (Lipinski definition) is 2. The Hall–Kier alpha value is -3.60. The number of carbonyl (C=O) groups is 1. The summed E-state index contributed by atoms with van der Waals surface area (Å²) < 4.78 is 2.01. The third-order valence-corrected chi connectivity index (χ3v) is 4.82. The SMILES string of the molecule is Cc1ccn2cc(-c3ccc(NC(=O)Nc4ccc(C)c(C)c4)cc3)nc2c1. The van der Waals surface area contributed by atoms with E-state index in [4.69, 9.17) is 0 Å². The second kappa shape index (κ2) is 7.19. The van der Waals surface area contributed by atoms with Gasteiger partial charge in [-0.25, -0.2) is 9.78 Å². The Morgan fingerprint density at radius 1 is 0.857 bits per heavy atom. The van der Waals surface area contributed by atoms with Gasteiger partial charge in [0.25, 0.3) is 0 Å². The molecule has 140 valence electrons. The molecule has 0 aliphatic rings. The Balaban J connectivity index is 1.46. The van der Waals surface area contributed by atoms with Crippen LogP contribution in [0.15, 0.2) is 67.0 Å². The van der Waals surface area contributed by atoms with Gasteiger partial charge < -0.3 is 15.0 Å². The maximum atomic E-state index is 12.2. The van der Waals surface area contributed by atoms with Gasteiger partial charge in [0.1, 0.15) is 5.65 Å². The van der Waals surface area contributed by atoms with Crippen LogP contribution in [0.5, 0.6) is 0 Å². The summed E-state index contributed by atoms with van der Waals surface area (Å²) in [7, 11) is 0. The van der Waals surface area contributed by atoms with Crippen molar-refractivity contribution in [2.45, 2.75) is 20.8 Å². The van der Waals surface area contributed by atoms with Crippen LogP contribution >= 0.6 is 0 Å². The van der Waals surface area contributed by atoms with E-state index in [1.165, 1.54) is 11.1 Å². The summed E-state index contributed by atoms with van der Waals surface area (Å²) in [6, 6.07) is 17.4. The van der Waals surface area contributed by atoms with Crippen molar-refractivity contribution in [3.63, 3.8) is 0 Å². The lowest BCUT2D eigenvalue weighted by molar-refractivity contribution is 0.262. The number of urea groups is 1. The van der Waals surface area contributed by atoms with Gasteiger partial charge in [-0.15, -0.1) is 0 Å². The second-order valence-electron chi connectivity index (χ2n) is 7.05. The molecule has 28 heavy (non-hydrogen) atoms. The summed E-state index contributed by atoms with van der Waals surface area (Å²) in [5, 5.41) is 5.72. The van der Waals surface area contributed by atoms with E-state index in [1.54, 1.807) is 0 Å². The minimum Gasteiger partial charge on any atom is -0.308 e. The standard InChI is InChI=1S/C23H22N4O/c1-15-10-11-27-14-21(26-22(27)12-15)18-5-8-19(9-6-18)24-23(28)25-20-7-4-16(2)17(3)13-20/h4-14H,1-3H3,(H2,24,25,28). The average molecular weight is 370 g/mol. The Morgan fingerprint density at radius 2 is 1.57 bits per heavy atom. The van der Waals surface area contributed by atoms with E-state index in [0.717, 1.165) is 33.8 Å². The minimum absolute atomic E-state index is 0.265. The number of amides is 2. The van der Waals surface area contributed by atoms with E-state index in [2.05, 4.69) is 34.7 Å². The predicted molar refractivity (Wildman–Crippen MR) is 114 cm³/mol. The number of carbonyl (C=O) groups excluding carboxylic acids is 1. The van der Waals surface area contributed by atoms with Crippen LogP contribution in [0.3, 0.4) is 0 Å². The lowest BCUT2D eigenvalue weighted by Crippen LogP contribution is -2.19. The number of hydrogen-bond acceptors (Lipinski definition) is 2. The first-order valence-corrected chi connectivity index (χ1v) is 9.19. The number of aryl methyl sites for hydroxylation is 3. The van der Waals surface area contributed by atoms with Crippen LogP contribution in [0.2, 0.25) is 0 Å². The van der Waals surface area contributed by atoms with Crippen LogP contribution in [-0.4, -0.2) is 15.4 Å². The fourth-order valence-corrected chi connectivity index (χ4v) is 3.06. The number of aromatic nitrogens is 2. The van der Waals surface area contributed by atoms with Gasteiger partial charge in [0.15, 0.2) is 0 Å². The molecule has 0 saturated carbocycles. The highest BCUT2D eigenvalue weighted by molar-refractivity contribution is 5.99. The molecule has 2 aromatic carbocycles. The summed E-state index contributed by atoms with van der Waals surface area (Å²) in [4.78, 5) is 16.9. The highest BCUT2D eigenvalue weighted by Gasteiger charge is 2.07. The number of imidazole rings is 1. The van der Waals surface area contributed by atoms with Crippen molar-refractivity contribution < 1.29 is 4.79 Å². The maximum absolute atomic E-state index is 12.2. The topological polar surface area (TPSA) is 58.4 Å². The molecule has 0 unspecified atom stereocenters. The van der Waals surface area contributed by atoms with Crippen LogP contribution in [0, 0.1) is 20.8 Å². The van der Waals surface area contributed by atoms with E-state index < -0.39 is 0 Å². The molecule has 2 N–H and O–H groups in total. The van der Waals surface area contributed by atoms with Crippen molar-refractivity contribution in [3.05, 3.63) is 83.7 Å². The highest BCUT2D eigenvalue weighted by atomic mass is 16.2. The number of anilines is 2. The number of nitrogens with one attached hydrogen (secondary N) is 2. The quantitative estimate of drug-likeness (QED) is 0.495. The molecule has 0 aliphatic carbocycles. The largest absolute Gasteiger partial charge is 0.323 e. The molecule has 0 aliphatic heterocycles. The molecule has 5 heteroatoms. The summed E-state index contributed by atoms with van der Waals surface area (Å²) in [6.45, 7) is 6.13. The third kappa shape index (κ3) is 3.74. The zero-order chi connectivity index (χ0) is 19.7. The van der Waals surface area contributed by atoms with E-state index in [-0.39, 0.29) is 6.03 Å². The lowest BCUT2D eigenvalue weighted by atomic mass is 10.1. The van der Waals surface area contributed by atoms with Gasteiger partial charge in [-0.2, -0.15) is 0 Å². The first kappa shape index (κ1) is 17.8. The number of nitrogens with zero attached hydrogens (tertiary/aromatic N) is 2. The van der Waals surface area contributed by atoms with Crippen LogP contribution in [-0.2, 0) is 0 Å². The molecule has 4 aromatic rings. The van der Waals surface area contributed by atoms with Gasteiger partial charge in [0.2, 0.25) is 0 Å². The molecule has 4 rings (SSSR count). The molecule has 0 atom stereocenters. The van der Waals surface area contributed by atoms with Gasteiger partial charge >= 0.3 is 6.03 Å². The normalized spacial score (nSPS) is 10.8. The Morgan fingerprint density at radius 3 is 2.32 bits per heavy atom. The van der Waals surface area contributed by atoms with Crippen molar-refractivity contribution in [2.75, 3.05) is 10.6 Å². The van der Waals surface area contributed by atoms with E-state index in [1.807, 2.05) is 73.1 Å². The first-order valence-electron chi connectivity index (χ1n) is 9.19. The molecule has 2 aromatic heterocycles. The Bertz CT molecular complexity index is 1160. The predicted octanol–water partition coefficient (Wildman–Crippen LogP) is 5.57. The molecule has 2 amide bonds. The van der Waals surface area contributed by atoms with Crippen LogP contribution in [0.25, 0.3) is 16.9 Å². The summed E-state index contributed by atoms with van der Waals surface area (Å²) >= 11 is 0. The maximum Gasteiger partial charge on any atom is 0.323 e. The van der Waals surface area contributed by atoms with Gasteiger partial charge in [-0.05, 0) is 73.9 Å². The number of rotatable bonds is 3. The smallest absolute Gasteiger partial charge is 0.308 e. The van der Waals surface area contributed by atoms with E-state index >= 15 is 0 Å². The van der Waals surface area contributed by atoms with Crippen LogP contribution in [0.1, 0.15) is 16.7 Å². The van der Waals surface area contributed by atoms with Crippen molar-refractivity contribution in [3.8, 4) is 11.3 Å². The van der Waals surface area contributed by atoms with Gasteiger partial charge in [-0.3, -0.25) is 0 Å². The second-order valence-corrected chi connectivity index (χ2v) is 7.05. The number of fused-ring (bicyclic) bond motifs is 1. The summed E-state index contributed by atoms with van der Waals surface area (Å²) in [5.41, 5.74) is 7.84. The molecule has 0 radical (unpaired) electrons. The zero-order valence-electron chi connectivity index (χ0n) is 16.2. The van der Waals surface area contributed by atoms with E-state index in [9.17, 15) is 4.79 Å². The van der Waals surface area contributed by atoms with Crippen molar-refractivity contribution >= 4 is 23.1 Å². The van der Waals surface area contributed by atoms with Crippen LogP contribution < -0.4 is 10.6 Å². The van der Waals surface area contributed by atoms with Crippen molar-refractivity contribution in [1.29, 1.82) is 0 Å². The molecule has 0 saturated heterocycles. The van der Waals surface area contributed by atoms with Gasteiger partial charge in [-0.1, -0.05) is 18.2 Å². The fourth-order valence-electron chi connectivity index (χ4n) is 3.06. The number of pyridine rings is 1. The molecular weight excluding hydrogens is 348 g/mol. The van der Waals surface area contributed by atoms with Crippen molar-refractivity contribution in [2.24, 2.45) is 0 Å². The molecule has 0 spiro atoms. The molecule has 0 fully saturated rings. The van der Waals surface area contributed by atoms with E-state index in [0.29, 0.717) is 0 Å². The zero-order valence-corrected chi connectivity index (χ0v) is 16.2. The molecule has 2 heterocycles. The lowest BCUT2D eigenvalue weighted by Gasteiger charge is -2.09. The molecular formula is C23H22N4O. The fraction of sp³-hybridized carbons (Fsp3) is 0.130. The first-order chi connectivity index (χ1) is 13.5.